The van der Waals surface area contributed by atoms with Crippen LogP contribution in [-0.4, -0.2) is 67.3 Å². The van der Waals surface area contributed by atoms with Gasteiger partial charge in [0, 0.05) is 66.1 Å². The minimum absolute atomic E-state index is 0.0177. The highest BCUT2D eigenvalue weighted by Crippen LogP contribution is 2.51. The Balaban J connectivity index is 0.991. The summed E-state index contributed by atoms with van der Waals surface area (Å²) in [4.78, 5) is 11.9. The van der Waals surface area contributed by atoms with Crippen LogP contribution in [0.3, 0.4) is 0 Å². The highest BCUT2D eigenvalue weighted by molar-refractivity contribution is 6.05. The zero-order valence-electron chi connectivity index (χ0n) is 34.4. The van der Waals surface area contributed by atoms with Gasteiger partial charge in [-0.05, 0) is 99.5 Å². The quantitative estimate of drug-likeness (QED) is 0.0820. The third-order valence-corrected chi connectivity index (χ3v) is 15.8. The first-order valence-electron chi connectivity index (χ1n) is 22.3. The van der Waals surface area contributed by atoms with Crippen LogP contribution in [-0.2, 0) is 13.0 Å². The van der Waals surface area contributed by atoms with Crippen LogP contribution in [0.4, 0.5) is 0 Å². The SMILES string of the molecule is C=CC1CN2C(Cc3c4ccccc4c(C[N+]45CCC(C[C@H]4C(O)c4ccnc6ccccc46)C(C=C)C5)c4ccccc34)CC1C[C@@H]2C(O)c1ccnc2ccccc12. The summed E-state index contributed by atoms with van der Waals surface area (Å²) in [6, 6.07) is 39.1. The van der Waals surface area contributed by atoms with Crippen molar-refractivity contribution in [2.24, 2.45) is 23.7 Å². The van der Waals surface area contributed by atoms with Gasteiger partial charge in [-0.1, -0.05) is 97.1 Å². The highest BCUT2D eigenvalue weighted by Gasteiger charge is 2.54. The van der Waals surface area contributed by atoms with Crippen molar-refractivity contribution >= 4 is 43.4 Å². The molecule has 60 heavy (non-hydrogen) atoms. The molecule has 13 rings (SSSR count). The van der Waals surface area contributed by atoms with E-state index in [1.807, 2.05) is 48.8 Å². The number of aliphatic hydroxyl groups is 2. The van der Waals surface area contributed by atoms with Crippen molar-refractivity contribution in [3.63, 3.8) is 0 Å². The zero-order valence-corrected chi connectivity index (χ0v) is 34.4. The topological polar surface area (TPSA) is 69.5 Å². The molecule has 6 heteroatoms. The molecular formula is C54H55N4O2+. The number of quaternary nitrogens is 1. The Morgan fingerprint density at radius 1 is 0.633 bits per heavy atom. The third kappa shape index (κ3) is 6.06. The van der Waals surface area contributed by atoms with Crippen LogP contribution in [0, 0.1) is 23.7 Å². The molecule has 6 saturated heterocycles. The number of nitrogens with zero attached hydrogens (tertiary/aromatic N) is 4. The standard InChI is InChI=1S/C54H55N4O2/c1-3-34-31-57-38(27-37(34)28-51(57)53(59)45-21-24-55-49-19-11-9-17-43(45)49)30-47-39-13-5-7-15-41(39)48(42-16-8-6-14-40(42)47)33-58-26-23-36(35(4-2)32-58)29-52(58)54(60)46-22-25-56-50-20-12-10-18-44(46)50/h3-22,24-25,34-38,51-54,59-60H,1-2,23,26-33H2/q+1/t34?,35?,36?,37?,38?,51-,52+,53?,54?,58?/m1/s1. The maximum atomic E-state index is 12.6. The number of para-hydroxylation sites is 2. The number of aliphatic hydroxyl groups excluding tert-OH is 2. The van der Waals surface area contributed by atoms with Crippen molar-refractivity contribution in [3.05, 3.63) is 169 Å². The van der Waals surface area contributed by atoms with Gasteiger partial charge in [-0.25, -0.2) is 0 Å². The zero-order chi connectivity index (χ0) is 40.5. The lowest BCUT2D eigenvalue weighted by atomic mass is 9.69. The molecule has 6 aliphatic rings. The molecule has 6 nitrogen and oxygen atoms in total. The van der Waals surface area contributed by atoms with Gasteiger partial charge in [0.05, 0.1) is 30.2 Å². The molecule has 9 unspecified atom stereocenters. The van der Waals surface area contributed by atoms with Crippen LogP contribution in [0.5, 0.6) is 0 Å². The van der Waals surface area contributed by atoms with E-state index < -0.39 is 12.2 Å². The Hall–Kier alpha value is -5.24. The Labute approximate surface area is 353 Å². The van der Waals surface area contributed by atoms with Crippen LogP contribution >= 0.6 is 0 Å². The van der Waals surface area contributed by atoms with Crippen molar-refractivity contribution in [3.8, 4) is 0 Å². The van der Waals surface area contributed by atoms with Gasteiger partial charge in [-0.15, -0.1) is 13.2 Å². The number of piperidine rings is 6. The fourth-order valence-corrected chi connectivity index (χ4v) is 12.9. The van der Waals surface area contributed by atoms with Crippen LogP contribution in [0.25, 0.3) is 43.4 Å². The predicted octanol–water partition coefficient (Wildman–Crippen LogP) is 10.3. The van der Waals surface area contributed by atoms with Crippen molar-refractivity contribution in [2.45, 2.75) is 69.0 Å². The number of hydrogen-bond donors (Lipinski definition) is 2. The second-order valence-electron chi connectivity index (χ2n) is 18.6. The molecule has 0 amide bonds. The molecule has 8 heterocycles. The summed E-state index contributed by atoms with van der Waals surface area (Å²) in [6.07, 6.45) is 12.0. The highest BCUT2D eigenvalue weighted by atomic mass is 16.3. The first kappa shape index (κ1) is 37.7. The van der Waals surface area contributed by atoms with E-state index in [1.54, 1.807) is 0 Å². The number of rotatable bonds is 10. The smallest absolute Gasteiger partial charge is 0.131 e. The van der Waals surface area contributed by atoms with Crippen LogP contribution < -0.4 is 0 Å². The van der Waals surface area contributed by atoms with Gasteiger partial charge in [-0.2, -0.15) is 0 Å². The van der Waals surface area contributed by atoms with E-state index >= 15 is 0 Å². The average molecular weight is 792 g/mol. The minimum Gasteiger partial charge on any atom is -0.387 e. The maximum absolute atomic E-state index is 12.6. The average Bonchev–Trinajstić information content (AvgIpc) is 3.31. The molecule has 0 saturated carbocycles. The lowest BCUT2D eigenvalue weighted by Gasteiger charge is -2.58. The van der Waals surface area contributed by atoms with E-state index in [9.17, 15) is 10.2 Å². The molecule has 5 aromatic carbocycles. The summed E-state index contributed by atoms with van der Waals surface area (Å²) >= 11 is 0. The predicted molar refractivity (Wildman–Crippen MR) is 243 cm³/mol. The van der Waals surface area contributed by atoms with Crippen molar-refractivity contribution < 1.29 is 14.7 Å². The number of pyridine rings is 2. The molecule has 2 N–H and O–H groups in total. The van der Waals surface area contributed by atoms with Crippen LogP contribution in [0.15, 0.2) is 147 Å². The van der Waals surface area contributed by atoms with Gasteiger partial charge in [0.2, 0.25) is 0 Å². The molecule has 0 aliphatic carbocycles. The molecular weight excluding hydrogens is 737 g/mol. The molecule has 6 fully saturated rings. The molecule has 2 aromatic heterocycles. The molecule has 302 valence electrons. The van der Waals surface area contributed by atoms with E-state index in [2.05, 4.69) is 113 Å². The van der Waals surface area contributed by atoms with E-state index in [0.29, 0.717) is 23.7 Å². The summed E-state index contributed by atoms with van der Waals surface area (Å²) < 4.78 is 0.850. The number of benzene rings is 5. The molecule has 11 atom stereocenters. The third-order valence-electron chi connectivity index (χ3n) is 15.8. The summed E-state index contributed by atoms with van der Waals surface area (Å²) in [5, 5.41) is 32.3. The normalized spacial score (nSPS) is 29.6. The number of fused-ring (bicyclic) bond motifs is 10. The second kappa shape index (κ2) is 15.0. The van der Waals surface area contributed by atoms with E-state index in [1.165, 1.54) is 32.7 Å². The minimum atomic E-state index is -0.611. The Kier molecular flexibility index (Phi) is 9.46. The van der Waals surface area contributed by atoms with Crippen molar-refractivity contribution in [1.29, 1.82) is 0 Å². The Morgan fingerprint density at radius 2 is 1.18 bits per heavy atom. The van der Waals surface area contributed by atoms with E-state index in [4.69, 9.17) is 0 Å². The lowest BCUT2D eigenvalue weighted by Crippen LogP contribution is -2.67. The van der Waals surface area contributed by atoms with Gasteiger partial charge in [0.15, 0.2) is 0 Å². The largest absolute Gasteiger partial charge is 0.387 e. The molecule has 0 radical (unpaired) electrons. The summed E-state index contributed by atoms with van der Waals surface area (Å²) in [5.41, 5.74) is 6.62. The maximum Gasteiger partial charge on any atom is 0.131 e. The first-order chi connectivity index (χ1) is 29.4. The van der Waals surface area contributed by atoms with Gasteiger partial charge in [0.1, 0.15) is 18.7 Å². The number of hydrogen-bond acceptors (Lipinski definition) is 5. The lowest BCUT2D eigenvalue weighted by molar-refractivity contribution is -0.984. The van der Waals surface area contributed by atoms with E-state index in [0.717, 1.165) is 95.7 Å². The van der Waals surface area contributed by atoms with Crippen molar-refractivity contribution in [2.75, 3.05) is 19.6 Å². The Morgan fingerprint density at radius 3 is 1.77 bits per heavy atom. The number of aromatic nitrogens is 2. The first-order valence-corrected chi connectivity index (χ1v) is 22.3. The van der Waals surface area contributed by atoms with Gasteiger partial charge < -0.3 is 14.7 Å². The summed E-state index contributed by atoms with van der Waals surface area (Å²) in [5.74, 6) is 1.85. The fraction of sp³-hybridized carbons (Fsp3) is 0.333. The fourth-order valence-electron chi connectivity index (χ4n) is 12.9. The second-order valence-corrected chi connectivity index (χ2v) is 18.6. The van der Waals surface area contributed by atoms with Crippen LogP contribution in [0.1, 0.15) is 60.1 Å². The van der Waals surface area contributed by atoms with Gasteiger partial charge >= 0.3 is 0 Å². The van der Waals surface area contributed by atoms with E-state index in [-0.39, 0.29) is 18.1 Å². The monoisotopic (exact) mass is 791 g/mol. The molecule has 0 spiro atoms. The molecule has 6 aliphatic heterocycles. The van der Waals surface area contributed by atoms with Crippen molar-refractivity contribution in [1.82, 2.24) is 14.9 Å². The Bertz CT molecular complexity index is 2720. The van der Waals surface area contributed by atoms with Crippen LogP contribution in [0.2, 0.25) is 0 Å². The molecule has 7 aromatic rings. The summed E-state index contributed by atoms with van der Waals surface area (Å²) in [7, 11) is 0. The van der Waals surface area contributed by atoms with Gasteiger partial charge in [-0.3, -0.25) is 14.9 Å². The molecule has 4 bridgehead atoms. The van der Waals surface area contributed by atoms with Gasteiger partial charge in [0.25, 0.3) is 0 Å². The summed E-state index contributed by atoms with van der Waals surface area (Å²) in [6.45, 7) is 12.4.